The highest BCUT2D eigenvalue weighted by Crippen LogP contribution is 2.52. The number of hydrogen-bond acceptors (Lipinski definition) is 2. The van der Waals surface area contributed by atoms with Gasteiger partial charge in [-0.3, -0.25) is 4.57 Å². The Kier molecular flexibility index (Phi) is 12.8. The Hall–Kier alpha value is -7.88. The maximum atomic E-state index is 7.03. The van der Waals surface area contributed by atoms with Crippen molar-refractivity contribution >= 4 is 50.0 Å². The molecule has 1 aliphatic heterocycles. The molecule has 2 aliphatic carbocycles. The fourth-order valence-corrected chi connectivity index (χ4v) is 10.4. The van der Waals surface area contributed by atoms with Crippen molar-refractivity contribution in [2.24, 2.45) is 5.73 Å². The predicted molar refractivity (Wildman–Crippen MR) is 293 cm³/mol. The molecule has 10 rings (SSSR count). The van der Waals surface area contributed by atoms with E-state index in [2.05, 4.69) is 181 Å². The number of fused-ring (bicyclic) bond motifs is 6. The average Bonchev–Trinajstić information content (AvgIpc) is 3.70. The van der Waals surface area contributed by atoms with Gasteiger partial charge >= 0.3 is 0 Å². The van der Waals surface area contributed by atoms with Gasteiger partial charge < -0.3 is 10.6 Å². The van der Waals surface area contributed by atoms with Gasteiger partial charge in [-0.25, -0.2) is 0 Å². The highest BCUT2D eigenvalue weighted by Gasteiger charge is 2.34. The Balaban J connectivity index is 0.00000278. The van der Waals surface area contributed by atoms with E-state index in [1.807, 2.05) is 45.1 Å². The normalized spacial score (nSPS) is 15.6. The van der Waals surface area contributed by atoms with E-state index < -0.39 is 0 Å². The minimum Gasteiger partial charge on any atom is -0.385 e. The molecule has 3 heteroatoms. The molecule has 1 aromatic heterocycles. The van der Waals surface area contributed by atoms with Gasteiger partial charge in [-0.1, -0.05) is 174 Å². The van der Waals surface area contributed by atoms with Crippen LogP contribution in [0.15, 0.2) is 209 Å². The Morgan fingerprint density at radius 2 is 1.31 bits per heavy atom. The summed E-state index contributed by atoms with van der Waals surface area (Å²) in [6, 6.07) is 40.0. The lowest BCUT2D eigenvalue weighted by atomic mass is 9.72. The molecule has 0 atom stereocenters. The Labute approximate surface area is 397 Å². The quantitative estimate of drug-likeness (QED) is 0.131. The van der Waals surface area contributed by atoms with Gasteiger partial charge in [0.15, 0.2) is 0 Å². The van der Waals surface area contributed by atoms with Gasteiger partial charge in [0, 0.05) is 29.1 Å². The number of allylic oxidation sites excluding steroid dienone is 13. The number of nitrogens with zero attached hydrogens (tertiary/aromatic N) is 2. The van der Waals surface area contributed by atoms with Crippen LogP contribution >= 0.6 is 0 Å². The molecule has 6 aromatic carbocycles. The highest BCUT2D eigenvalue weighted by molar-refractivity contribution is 6.15. The Bertz CT molecular complexity index is 3280. The molecule has 0 saturated heterocycles. The van der Waals surface area contributed by atoms with E-state index in [-0.39, 0.29) is 0 Å². The molecular weight excluding hydrogens is 811 g/mol. The molecule has 2 N–H and O–H groups in total. The first kappa shape index (κ1) is 44.3. The van der Waals surface area contributed by atoms with Crippen LogP contribution in [0.1, 0.15) is 59.7 Å². The number of nitrogens with two attached hydrogens (primary N) is 1. The predicted octanol–water partition coefficient (Wildman–Crippen LogP) is 16.3. The lowest BCUT2D eigenvalue weighted by molar-refractivity contribution is 0.872. The third-order valence-corrected chi connectivity index (χ3v) is 13.3. The maximum absolute atomic E-state index is 7.03. The topological polar surface area (TPSA) is 34.2 Å². The molecule has 3 aliphatic rings. The van der Waals surface area contributed by atoms with E-state index in [1.54, 1.807) is 6.08 Å². The summed E-state index contributed by atoms with van der Waals surface area (Å²) in [5, 5.41) is 2.45. The van der Waals surface area contributed by atoms with Crippen LogP contribution < -0.4 is 10.6 Å². The summed E-state index contributed by atoms with van der Waals surface area (Å²) in [7, 11) is 0. The van der Waals surface area contributed by atoms with Crippen molar-refractivity contribution in [2.45, 2.75) is 46.5 Å². The standard InChI is InChI=1S/C62H53N3.C2H6/c1-6-10-14-35-64-36-34-49(47-26-22-45(23-27-47)43-18-12-11-13-19-43)37-41(5)54-39-50-28-29-51-40-56-55-38-48(46-24-20-44(21-25-46)42(15-7-2)16-8-3)30-33-57(55)65(58(63)17-9-4)62(56)53-32-31-52(61(54)64)59(50)60(51)53;1-2/h6-27,30,33-34,36-40H,1-2,4-5,28-29,31-32,35,63H2,3H3;1-2H3/b14-10-,16-8-,36-34-,42-15+,49-37+,58-17+;. The van der Waals surface area contributed by atoms with Gasteiger partial charge in [-0.15, -0.1) is 0 Å². The number of hydrogen-bond donors (Lipinski definition) is 1. The van der Waals surface area contributed by atoms with E-state index in [0.717, 1.165) is 59.0 Å². The highest BCUT2D eigenvalue weighted by atomic mass is 15.1. The maximum Gasteiger partial charge on any atom is 0.108 e. The van der Waals surface area contributed by atoms with E-state index >= 15 is 0 Å². The van der Waals surface area contributed by atoms with Crippen LogP contribution in [-0.4, -0.2) is 11.1 Å². The first-order chi connectivity index (χ1) is 32.9. The van der Waals surface area contributed by atoms with E-state index in [4.69, 9.17) is 12.3 Å². The third-order valence-electron chi connectivity index (χ3n) is 13.3. The Morgan fingerprint density at radius 3 is 2.03 bits per heavy atom. The van der Waals surface area contributed by atoms with E-state index in [1.165, 1.54) is 83.2 Å². The fourth-order valence-electron chi connectivity index (χ4n) is 10.4. The van der Waals surface area contributed by atoms with Crippen molar-refractivity contribution in [1.29, 1.82) is 0 Å². The zero-order valence-corrected chi connectivity index (χ0v) is 39.2. The van der Waals surface area contributed by atoms with Crippen molar-refractivity contribution in [2.75, 3.05) is 11.4 Å². The van der Waals surface area contributed by atoms with Crippen LogP contribution in [0.3, 0.4) is 0 Å². The van der Waals surface area contributed by atoms with Crippen molar-refractivity contribution in [3.63, 3.8) is 0 Å². The average molecular weight is 870 g/mol. The van der Waals surface area contributed by atoms with Crippen LogP contribution in [-0.2, 0) is 25.7 Å². The minimum absolute atomic E-state index is 0.665. The van der Waals surface area contributed by atoms with Crippen molar-refractivity contribution in [3.05, 3.63) is 247 Å². The molecule has 0 radical (unpaired) electrons. The molecule has 3 nitrogen and oxygen atoms in total. The summed E-state index contributed by atoms with van der Waals surface area (Å²) in [4.78, 5) is 2.42. The van der Waals surface area contributed by atoms with Gasteiger partial charge in [0.1, 0.15) is 5.82 Å². The minimum atomic E-state index is 0.665. The number of benzene rings is 6. The van der Waals surface area contributed by atoms with Gasteiger partial charge in [-0.05, 0) is 159 Å². The molecule has 0 unspecified atom stereocenters. The molecule has 67 heavy (non-hydrogen) atoms. The number of aryl methyl sites for hydroxylation is 3. The zero-order chi connectivity index (χ0) is 46.6. The lowest BCUT2D eigenvalue weighted by Gasteiger charge is -2.36. The van der Waals surface area contributed by atoms with Gasteiger partial charge in [-0.2, -0.15) is 0 Å². The van der Waals surface area contributed by atoms with Crippen LogP contribution in [0.4, 0.5) is 5.69 Å². The SMILES string of the molecule is C=C/C=C\CN1/C=C\C(c2ccc(-c3ccccc3)cc2)=C/C(=C)c2cc3c4c(c21)CCc1c-4c(cc2c4cc(-c5ccc(C(/C=C\C)=C/C=C)cc5)ccc4n(/C(N)=C/C=C)c12)CC3.CC. The molecule has 0 spiro atoms. The van der Waals surface area contributed by atoms with Crippen LogP contribution in [0.2, 0.25) is 0 Å². The van der Waals surface area contributed by atoms with Gasteiger partial charge in [0.2, 0.25) is 0 Å². The van der Waals surface area contributed by atoms with E-state index in [0.29, 0.717) is 12.4 Å². The summed E-state index contributed by atoms with van der Waals surface area (Å²) in [5.41, 5.74) is 30.5. The van der Waals surface area contributed by atoms with Crippen LogP contribution in [0.5, 0.6) is 0 Å². The molecule has 0 fully saturated rings. The van der Waals surface area contributed by atoms with Crippen molar-refractivity contribution in [1.82, 2.24) is 4.57 Å². The lowest BCUT2D eigenvalue weighted by Crippen LogP contribution is -2.24. The molecule has 7 aromatic rings. The summed E-state index contributed by atoms with van der Waals surface area (Å²) < 4.78 is 2.28. The van der Waals surface area contributed by atoms with Gasteiger partial charge in [0.25, 0.3) is 0 Å². The van der Waals surface area contributed by atoms with Crippen molar-refractivity contribution < 1.29 is 0 Å². The van der Waals surface area contributed by atoms with E-state index in [9.17, 15) is 0 Å². The third kappa shape index (κ3) is 8.12. The second kappa shape index (κ2) is 19.3. The summed E-state index contributed by atoms with van der Waals surface area (Å²) in [5.74, 6) is 0.665. The number of rotatable bonds is 11. The zero-order valence-electron chi connectivity index (χ0n) is 39.2. The second-order valence-electron chi connectivity index (χ2n) is 17.1. The summed E-state index contributed by atoms with van der Waals surface area (Å²) in [6.45, 7) is 23.5. The van der Waals surface area contributed by atoms with Gasteiger partial charge in [0.05, 0.1) is 16.7 Å². The molecule has 0 amide bonds. The summed E-state index contributed by atoms with van der Waals surface area (Å²) in [6.07, 6.45) is 28.4. The Morgan fingerprint density at radius 1 is 0.672 bits per heavy atom. The number of aromatic nitrogens is 1. The largest absolute Gasteiger partial charge is 0.385 e. The molecule has 330 valence electrons. The molecular formula is C64H59N3. The molecule has 0 saturated carbocycles. The monoisotopic (exact) mass is 869 g/mol. The summed E-state index contributed by atoms with van der Waals surface area (Å²) >= 11 is 0. The van der Waals surface area contributed by atoms with Crippen LogP contribution in [0.25, 0.3) is 77.7 Å². The second-order valence-corrected chi connectivity index (χ2v) is 17.1. The van der Waals surface area contributed by atoms with Crippen LogP contribution in [0, 0.1) is 0 Å². The molecule has 0 bridgehead atoms. The smallest absolute Gasteiger partial charge is 0.108 e. The van der Waals surface area contributed by atoms with Crippen molar-refractivity contribution in [3.8, 4) is 33.4 Å². The first-order valence-corrected chi connectivity index (χ1v) is 23.7. The first-order valence-electron chi connectivity index (χ1n) is 23.7. The number of anilines is 1. The molecule has 2 heterocycles. The fraction of sp³-hybridized carbons (Fsp3) is 0.125.